The van der Waals surface area contributed by atoms with E-state index in [1.54, 1.807) is 24.3 Å². The molecule has 0 saturated carbocycles. The number of halogens is 3. The average molecular weight is 469 g/mol. The largest absolute Gasteiger partial charge is 0.501 e. The van der Waals surface area contributed by atoms with Crippen LogP contribution in [0.1, 0.15) is 21.9 Å². The Morgan fingerprint density at radius 2 is 1.78 bits per heavy atom. The van der Waals surface area contributed by atoms with Crippen molar-refractivity contribution < 1.29 is 40.3 Å². The molecule has 32 heavy (non-hydrogen) atoms. The maximum Gasteiger partial charge on any atom is 0.501 e. The van der Waals surface area contributed by atoms with E-state index in [1.165, 1.54) is 26.4 Å². The van der Waals surface area contributed by atoms with Crippen LogP contribution in [0.4, 0.5) is 18.9 Å². The van der Waals surface area contributed by atoms with E-state index in [9.17, 15) is 26.4 Å². The van der Waals surface area contributed by atoms with Gasteiger partial charge in [-0.2, -0.15) is 13.2 Å². The minimum absolute atomic E-state index is 0.106. The highest BCUT2D eigenvalue weighted by Crippen LogP contribution is 2.31. The van der Waals surface area contributed by atoms with E-state index >= 15 is 0 Å². The van der Waals surface area contributed by atoms with Gasteiger partial charge in [-0.15, -0.1) is 0 Å². The van der Waals surface area contributed by atoms with E-state index in [1.807, 2.05) is 0 Å². The van der Waals surface area contributed by atoms with Crippen LogP contribution in [0.3, 0.4) is 0 Å². The molecule has 0 aliphatic carbocycles. The zero-order valence-electron chi connectivity index (χ0n) is 16.9. The van der Waals surface area contributed by atoms with Gasteiger partial charge in [0.1, 0.15) is 17.3 Å². The fourth-order valence-electron chi connectivity index (χ4n) is 2.87. The van der Waals surface area contributed by atoms with Gasteiger partial charge in [0.05, 0.1) is 19.1 Å². The zero-order valence-corrected chi connectivity index (χ0v) is 17.7. The fraction of sp³-hybridized carbons (Fsp3) is 0.190. The molecule has 0 fully saturated rings. The summed E-state index contributed by atoms with van der Waals surface area (Å²) in [6, 6.07) is 12.1. The molecular formula is C21H18F3NO6S. The van der Waals surface area contributed by atoms with Crippen LogP contribution in [0.15, 0.2) is 63.9 Å². The first-order chi connectivity index (χ1) is 15.0. The quantitative estimate of drug-likeness (QED) is 0.550. The Kier molecular flexibility index (Phi) is 6.49. The average Bonchev–Trinajstić information content (AvgIpc) is 3.21. The number of nitrogens with one attached hydrogen (secondary N) is 1. The summed E-state index contributed by atoms with van der Waals surface area (Å²) in [6.07, 6.45) is 0.285. The number of hydrogen-bond acceptors (Lipinski definition) is 6. The van der Waals surface area contributed by atoms with Crippen LogP contribution in [0, 0.1) is 0 Å². The van der Waals surface area contributed by atoms with Gasteiger partial charge < -0.3 is 19.2 Å². The number of ether oxygens (including phenoxy) is 2. The second kappa shape index (κ2) is 8.95. The van der Waals surface area contributed by atoms with Gasteiger partial charge in [0.15, 0.2) is 5.76 Å². The number of hydrogen-bond donors (Lipinski definition) is 1. The highest BCUT2D eigenvalue weighted by atomic mass is 32.2. The van der Waals surface area contributed by atoms with Crippen molar-refractivity contribution in [3.05, 3.63) is 71.7 Å². The Balaban J connectivity index is 1.77. The monoisotopic (exact) mass is 469 g/mol. The summed E-state index contributed by atoms with van der Waals surface area (Å²) >= 11 is 0. The first-order valence-electron chi connectivity index (χ1n) is 9.07. The van der Waals surface area contributed by atoms with E-state index in [2.05, 4.69) is 5.32 Å². The van der Waals surface area contributed by atoms with Crippen LogP contribution in [0.5, 0.6) is 11.5 Å². The molecule has 0 aliphatic rings. The molecule has 0 spiro atoms. The number of furan rings is 1. The third-order valence-electron chi connectivity index (χ3n) is 4.44. The maximum absolute atomic E-state index is 12.8. The zero-order chi connectivity index (χ0) is 23.5. The van der Waals surface area contributed by atoms with Crippen molar-refractivity contribution in [2.45, 2.75) is 16.8 Å². The summed E-state index contributed by atoms with van der Waals surface area (Å²) in [5, 5.41) is 2.33. The third-order valence-corrected chi connectivity index (χ3v) is 5.93. The van der Waals surface area contributed by atoms with Crippen LogP contribution in [-0.2, 0) is 16.3 Å². The minimum Gasteiger partial charge on any atom is -0.497 e. The SMILES string of the molecule is COc1ccc(OC)c(Cc2ccc(C(=O)Nc3cccc(S(=O)(=O)C(F)(F)F)c3)o2)c1. The normalized spacial score (nSPS) is 11.8. The molecule has 0 saturated heterocycles. The molecule has 0 bridgehead atoms. The van der Waals surface area contributed by atoms with Crippen molar-refractivity contribution in [3.8, 4) is 11.5 Å². The lowest BCUT2D eigenvalue weighted by Gasteiger charge is -2.10. The Hall–Kier alpha value is -3.47. The smallest absolute Gasteiger partial charge is 0.497 e. The van der Waals surface area contributed by atoms with Gasteiger partial charge in [-0.05, 0) is 48.5 Å². The van der Waals surface area contributed by atoms with Crippen molar-refractivity contribution in [2.75, 3.05) is 19.5 Å². The van der Waals surface area contributed by atoms with Crippen molar-refractivity contribution in [2.24, 2.45) is 0 Å². The van der Waals surface area contributed by atoms with Gasteiger partial charge in [-0.25, -0.2) is 8.42 Å². The fourth-order valence-corrected chi connectivity index (χ4v) is 3.68. The highest BCUT2D eigenvalue weighted by Gasteiger charge is 2.46. The molecule has 3 rings (SSSR count). The molecular weight excluding hydrogens is 451 g/mol. The number of sulfone groups is 1. The van der Waals surface area contributed by atoms with Crippen molar-refractivity contribution in [1.82, 2.24) is 0 Å². The van der Waals surface area contributed by atoms with E-state index in [-0.39, 0.29) is 17.9 Å². The van der Waals surface area contributed by atoms with Crippen LogP contribution in [0.2, 0.25) is 0 Å². The summed E-state index contributed by atoms with van der Waals surface area (Å²) < 4.78 is 77.4. The second-order valence-electron chi connectivity index (χ2n) is 6.55. The van der Waals surface area contributed by atoms with Crippen LogP contribution in [0.25, 0.3) is 0 Å². The van der Waals surface area contributed by atoms with Gasteiger partial charge in [-0.1, -0.05) is 6.07 Å². The van der Waals surface area contributed by atoms with Gasteiger partial charge in [0.2, 0.25) is 0 Å². The first-order valence-corrected chi connectivity index (χ1v) is 10.6. The number of methoxy groups -OCH3 is 2. The van der Waals surface area contributed by atoms with Crippen molar-refractivity contribution in [3.63, 3.8) is 0 Å². The lowest BCUT2D eigenvalue weighted by Crippen LogP contribution is -2.23. The molecule has 1 heterocycles. The molecule has 0 atom stereocenters. The summed E-state index contributed by atoms with van der Waals surface area (Å²) in [5.74, 6) is 0.770. The highest BCUT2D eigenvalue weighted by molar-refractivity contribution is 7.92. The predicted octanol–water partition coefficient (Wildman–Crippen LogP) is 4.43. The lowest BCUT2D eigenvalue weighted by atomic mass is 10.1. The second-order valence-corrected chi connectivity index (χ2v) is 8.49. The number of benzene rings is 2. The Bertz CT molecular complexity index is 1230. The molecule has 1 aromatic heterocycles. The molecule has 3 aromatic rings. The topological polar surface area (TPSA) is 94.8 Å². The van der Waals surface area contributed by atoms with Crippen molar-refractivity contribution in [1.29, 1.82) is 0 Å². The van der Waals surface area contributed by atoms with Crippen LogP contribution < -0.4 is 14.8 Å². The van der Waals surface area contributed by atoms with Crippen molar-refractivity contribution >= 4 is 21.4 Å². The summed E-state index contributed by atoms with van der Waals surface area (Å²) in [6.45, 7) is 0. The minimum atomic E-state index is -5.54. The third kappa shape index (κ3) is 4.88. The van der Waals surface area contributed by atoms with E-state index in [4.69, 9.17) is 13.9 Å². The van der Waals surface area contributed by atoms with Gasteiger partial charge in [0, 0.05) is 17.7 Å². The summed E-state index contributed by atoms with van der Waals surface area (Å²) in [4.78, 5) is 11.5. The Morgan fingerprint density at radius 3 is 2.44 bits per heavy atom. The lowest BCUT2D eigenvalue weighted by molar-refractivity contribution is -0.0436. The molecule has 1 N–H and O–H groups in total. The molecule has 170 valence electrons. The van der Waals surface area contributed by atoms with Crippen LogP contribution in [-0.4, -0.2) is 34.1 Å². The predicted molar refractivity (Wildman–Crippen MR) is 109 cm³/mol. The number of amides is 1. The van der Waals surface area contributed by atoms with Crippen LogP contribution >= 0.6 is 0 Å². The van der Waals surface area contributed by atoms with Gasteiger partial charge >= 0.3 is 5.51 Å². The van der Waals surface area contributed by atoms with Gasteiger partial charge in [0.25, 0.3) is 15.7 Å². The number of carbonyl (C=O) groups excluding carboxylic acids is 1. The van der Waals surface area contributed by atoms with Gasteiger partial charge in [-0.3, -0.25) is 4.79 Å². The Morgan fingerprint density at radius 1 is 1.03 bits per heavy atom. The Labute approximate surface area is 181 Å². The van der Waals surface area contributed by atoms with E-state index in [0.29, 0.717) is 17.3 Å². The molecule has 11 heteroatoms. The molecule has 2 aromatic carbocycles. The number of anilines is 1. The molecule has 1 amide bonds. The summed E-state index contributed by atoms with van der Waals surface area (Å²) in [7, 11) is -2.50. The molecule has 0 aliphatic heterocycles. The van der Waals surface area contributed by atoms with E-state index < -0.39 is 26.1 Å². The molecule has 0 unspecified atom stereocenters. The molecule has 0 radical (unpaired) electrons. The molecule has 7 nitrogen and oxygen atoms in total. The number of alkyl halides is 3. The summed E-state index contributed by atoms with van der Waals surface area (Å²) in [5.41, 5.74) is -4.84. The maximum atomic E-state index is 12.8. The van der Waals surface area contributed by atoms with E-state index in [0.717, 1.165) is 23.8 Å². The first kappa shape index (κ1) is 23.2. The number of rotatable bonds is 7. The standard InChI is InChI=1S/C21H18F3NO6S/c1-29-15-6-8-18(30-2)13(10-15)11-16-7-9-19(31-16)20(26)25-14-4-3-5-17(12-14)32(27,28)21(22,23)24/h3-10,12H,11H2,1-2H3,(H,25,26). The number of carbonyl (C=O) groups is 1.